The molecule has 1 saturated heterocycles. The van der Waals surface area contributed by atoms with Crippen molar-refractivity contribution < 1.29 is 13.2 Å². The summed E-state index contributed by atoms with van der Waals surface area (Å²) in [6.07, 6.45) is 4.82. The third-order valence-corrected chi connectivity index (χ3v) is 7.99. The van der Waals surface area contributed by atoms with Crippen LogP contribution in [0.5, 0.6) is 0 Å². The standard InChI is InChI=1S/C20H23N3O3S2/c1-2-9-22-12-7-15-14-16(5-6-17(15)22)21-20(24)19-18(8-13-27-19)28(25,26)23-10-3-4-11-23/h5-8,12-14H,2-4,9-11H2,1H3,(H,21,24). The first-order valence-electron chi connectivity index (χ1n) is 9.48. The van der Waals surface area contributed by atoms with Crippen LogP contribution < -0.4 is 5.32 Å². The number of hydrogen-bond donors (Lipinski definition) is 1. The quantitative estimate of drug-likeness (QED) is 0.655. The van der Waals surface area contributed by atoms with Crippen molar-refractivity contribution in [1.82, 2.24) is 8.87 Å². The molecular formula is C20H23N3O3S2. The summed E-state index contributed by atoms with van der Waals surface area (Å²) in [5, 5.41) is 5.56. The molecule has 2 aromatic heterocycles. The van der Waals surface area contributed by atoms with Gasteiger partial charge in [-0.2, -0.15) is 4.31 Å². The number of carbonyl (C=O) groups is 1. The van der Waals surface area contributed by atoms with Crippen molar-refractivity contribution in [1.29, 1.82) is 0 Å². The first-order chi connectivity index (χ1) is 13.5. The molecule has 0 radical (unpaired) electrons. The molecule has 1 aliphatic heterocycles. The van der Waals surface area contributed by atoms with Gasteiger partial charge in [-0.25, -0.2) is 8.42 Å². The summed E-state index contributed by atoms with van der Waals surface area (Å²) in [5.41, 5.74) is 1.78. The number of aryl methyl sites for hydroxylation is 1. The lowest BCUT2D eigenvalue weighted by atomic mass is 10.2. The van der Waals surface area contributed by atoms with Crippen molar-refractivity contribution >= 4 is 43.9 Å². The van der Waals surface area contributed by atoms with Crippen LogP contribution in [0.2, 0.25) is 0 Å². The zero-order chi connectivity index (χ0) is 19.7. The van der Waals surface area contributed by atoms with Crippen LogP contribution in [0, 0.1) is 0 Å². The second-order valence-electron chi connectivity index (χ2n) is 6.96. The minimum Gasteiger partial charge on any atom is -0.347 e. The van der Waals surface area contributed by atoms with Crippen LogP contribution in [-0.2, 0) is 16.6 Å². The summed E-state index contributed by atoms with van der Waals surface area (Å²) in [5.74, 6) is -0.389. The predicted molar refractivity (Wildman–Crippen MR) is 112 cm³/mol. The third kappa shape index (κ3) is 3.47. The number of thiophene rings is 1. The van der Waals surface area contributed by atoms with Crippen LogP contribution in [0.25, 0.3) is 10.9 Å². The van der Waals surface area contributed by atoms with E-state index < -0.39 is 10.0 Å². The van der Waals surface area contributed by atoms with Gasteiger partial charge >= 0.3 is 0 Å². The first kappa shape index (κ1) is 19.2. The van der Waals surface area contributed by atoms with Crippen molar-refractivity contribution in [2.45, 2.75) is 37.6 Å². The van der Waals surface area contributed by atoms with Crippen LogP contribution >= 0.6 is 11.3 Å². The fourth-order valence-corrected chi connectivity index (χ4v) is 6.45. The van der Waals surface area contributed by atoms with E-state index in [4.69, 9.17) is 0 Å². The molecule has 6 nitrogen and oxygen atoms in total. The number of amides is 1. The van der Waals surface area contributed by atoms with E-state index in [9.17, 15) is 13.2 Å². The molecule has 1 amide bonds. The molecule has 0 unspecified atom stereocenters. The topological polar surface area (TPSA) is 71.4 Å². The molecule has 1 N–H and O–H groups in total. The molecule has 1 aliphatic rings. The van der Waals surface area contributed by atoms with Gasteiger partial charge in [-0.05, 0) is 55.0 Å². The summed E-state index contributed by atoms with van der Waals surface area (Å²) in [6, 6.07) is 9.31. The summed E-state index contributed by atoms with van der Waals surface area (Å²) in [4.78, 5) is 13.1. The molecule has 0 saturated carbocycles. The zero-order valence-electron chi connectivity index (χ0n) is 15.7. The highest BCUT2D eigenvalue weighted by Crippen LogP contribution is 2.29. The Hall–Kier alpha value is -2.16. The maximum atomic E-state index is 12.9. The molecular weight excluding hydrogens is 394 g/mol. The highest BCUT2D eigenvalue weighted by atomic mass is 32.2. The number of anilines is 1. The summed E-state index contributed by atoms with van der Waals surface area (Å²) in [7, 11) is -3.62. The van der Waals surface area contributed by atoms with E-state index in [0.29, 0.717) is 18.8 Å². The molecule has 4 rings (SSSR count). The van der Waals surface area contributed by atoms with Gasteiger partial charge in [0, 0.05) is 42.4 Å². The van der Waals surface area contributed by atoms with Gasteiger partial charge in [0.25, 0.3) is 5.91 Å². The van der Waals surface area contributed by atoms with E-state index in [2.05, 4.69) is 16.8 Å². The Kier molecular flexibility index (Phi) is 5.27. The van der Waals surface area contributed by atoms with E-state index in [-0.39, 0.29) is 15.7 Å². The van der Waals surface area contributed by atoms with E-state index in [1.165, 1.54) is 10.4 Å². The number of hydrogen-bond acceptors (Lipinski definition) is 4. The Labute approximate surface area is 168 Å². The average molecular weight is 418 g/mol. The number of sulfonamides is 1. The lowest BCUT2D eigenvalue weighted by Gasteiger charge is -2.15. The molecule has 0 spiro atoms. The van der Waals surface area contributed by atoms with Gasteiger partial charge in [0.2, 0.25) is 10.0 Å². The number of carbonyl (C=O) groups excluding carboxylic acids is 1. The van der Waals surface area contributed by atoms with Crippen molar-refractivity contribution in [2.75, 3.05) is 18.4 Å². The van der Waals surface area contributed by atoms with Crippen LogP contribution in [0.4, 0.5) is 5.69 Å². The largest absolute Gasteiger partial charge is 0.347 e. The molecule has 1 fully saturated rings. The maximum Gasteiger partial charge on any atom is 0.267 e. The SMILES string of the molecule is CCCn1ccc2cc(NC(=O)c3sccc3S(=O)(=O)N3CCCC3)ccc21. The Balaban J connectivity index is 1.58. The number of nitrogens with zero attached hydrogens (tertiary/aromatic N) is 2. The van der Waals surface area contributed by atoms with Gasteiger partial charge in [-0.15, -0.1) is 11.3 Å². The van der Waals surface area contributed by atoms with Crippen LogP contribution in [-0.4, -0.2) is 36.3 Å². The van der Waals surface area contributed by atoms with Crippen molar-refractivity contribution in [2.24, 2.45) is 0 Å². The van der Waals surface area contributed by atoms with Gasteiger partial charge < -0.3 is 9.88 Å². The minimum absolute atomic E-state index is 0.104. The number of benzene rings is 1. The van der Waals surface area contributed by atoms with Gasteiger partial charge in [-0.1, -0.05) is 6.92 Å². The van der Waals surface area contributed by atoms with Crippen molar-refractivity contribution in [3.63, 3.8) is 0 Å². The molecule has 0 atom stereocenters. The monoisotopic (exact) mass is 417 g/mol. The highest BCUT2D eigenvalue weighted by molar-refractivity contribution is 7.89. The Bertz CT molecular complexity index is 1110. The summed E-state index contributed by atoms with van der Waals surface area (Å²) < 4.78 is 29.4. The molecule has 3 heterocycles. The molecule has 148 valence electrons. The summed E-state index contributed by atoms with van der Waals surface area (Å²) >= 11 is 1.15. The summed E-state index contributed by atoms with van der Waals surface area (Å²) in [6.45, 7) is 4.12. The number of nitrogens with one attached hydrogen (secondary N) is 1. The predicted octanol–water partition coefficient (Wildman–Crippen LogP) is 4.15. The fourth-order valence-electron chi connectivity index (χ4n) is 3.64. The van der Waals surface area contributed by atoms with E-state index in [1.807, 2.05) is 30.5 Å². The Morgan fingerprint density at radius 2 is 1.96 bits per heavy atom. The maximum absolute atomic E-state index is 12.9. The lowest BCUT2D eigenvalue weighted by Crippen LogP contribution is -2.29. The molecule has 0 aliphatic carbocycles. The first-order valence-corrected chi connectivity index (χ1v) is 11.8. The van der Waals surface area contributed by atoms with Gasteiger partial charge in [-0.3, -0.25) is 4.79 Å². The van der Waals surface area contributed by atoms with Crippen LogP contribution in [0.1, 0.15) is 35.9 Å². The lowest BCUT2D eigenvalue weighted by molar-refractivity contribution is 0.102. The van der Waals surface area contributed by atoms with Crippen molar-refractivity contribution in [3.8, 4) is 0 Å². The molecule has 1 aromatic carbocycles. The van der Waals surface area contributed by atoms with Gasteiger partial charge in [0.05, 0.1) is 0 Å². The molecule has 0 bridgehead atoms. The van der Waals surface area contributed by atoms with Crippen LogP contribution in [0.15, 0.2) is 46.8 Å². The molecule has 28 heavy (non-hydrogen) atoms. The Morgan fingerprint density at radius 1 is 1.18 bits per heavy atom. The average Bonchev–Trinajstić information content (AvgIpc) is 3.43. The zero-order valence-corrected chi connectivity index (χ0v) is 17.4. The Morgan fingerprint density at radius 3 is 2.71 bits per heavy atom. The second kappa shape index (κ2) is 7.69. The highest BCUT2D eigenvalue weighted by Gasteiger charge is 2.31. The molecule has 8 heteroatoms. The number of rotatable bonds is 6. The number of fused-ring (bicyclic) bond motifs is 1. The second-order valence-corrected chi connectivity index (χ2v) is 9.78. The van der Waals surface area contributed by atoms with Gasteiger partial charge in [0.1, 0.15) is 9.77 Å². The van der Waals surface area contributed by atoms with Crippen molar-refractivity contribution in [3.05, 3.63) is 46.8 Å². The minimum atomic E-state index is -3.62. The van der Waals surface area contributed by atoms with E-state index in [0.717, 1.165) is 48.0 Å². The van der Waals surface area contributed by atoms with Gasteiger partial charge in [0.15, 0.2) is 0 Å². The smallest absolute Gasteiger partial charge is 0.267 e. The third-order valence-electron chi connectivity index (χ3n) is 5.01. The van der Waals surface area contributed by atoms with E-state index >= 15 is 0 Å². The normalized spacial score (nSPS) is 15.3. The molecule has 3 aromatic rings. The number of aromatic nitrogens is 1. The van der Waals surface area contributed by atoms with E-state index in [1.54, 1.807) is 5.38 Å². The fraction of sp³-hybridized carbons (Fsp3) is 0.350. The van der Waals surface area contributed by atoms with Crippen LogP contribution in [0.3, 0.4) is 0 Å².